The van der Waals surface area contributed by atoms with Gasteiger partial charge in [-0.2, -0.15) is 0 Å². The van der Waals surface area contributed by atoms with Crippen LogP contribution in [0.2, 0.25) is 0 Å². The highest BCUT2D eigenvalue weighted by Gasteiger charge is 2.20. The van der Waals surface area contributed by atoms with Crippen molar-refractivity contribution in [3.8, 4) is 5.75 Å². The number of thiophene rings is 1. The molecule has 28 heavy (non-hydrogen) atoms. The van der Waals surface area contributed by atoms with E-state index in [2.05, 4.69) is 20.0 Å². The summed E-state index contributed by atoms with van der Waals surface area (Å²) in [7, 11) is -2.21. The van der Waals surface area contributed by atoms with Gasteiger partial charge in [-0.3, -0.25) is 4.72 Å². The minimum Gasteiger partial charge on any atom is -0.495 e. The lowest BCUT2D eigenvalue weighted by Gasteiger charge is -2.15. The quantitative estimate of drug-likeness (QED) is 0.492. The SMILES string of the molecule is COc1ccccc1Nc1nc2ccccc2nc1NS(=O)(=O)c1cccs1. The molecule has 9 heteroatoms. The summed E-state index contributed by atoms with van der Waals surface area (Å²) >= 11 is 1.13. The van der Waals surface area contributed by atoms with Crippen LogP contribution in [-0.4, -0.2) is 25.5 Å². The summed E-state index contributed by atoms with van der Waals surface area (Å²) in [5.74, 6) is 0.992. The lowest BCUT2D eigenvalue weighted by Crippen LogP contribution is -2.15. The minimum atomic E-state index is -3.77. The molecule has 0 unspecified atom stereocenters. The molecule has 0 radical (unpaired) electrons. The molecule has 2 aromatic heterocycles. The van der Waals surface area contributed by atoms with Crippen LogP contribution in [0.1, 0.15) is 0 Å². The van der Waals surface area contributed by atoms with Gasteiger partial charge in [0.15, 0.2) is 11.6 Å². The molecule has 0 aliphatic heterocycles. The lowest BCUT2D eigenvalue weighted by atomic mass is 10.3. The van der Waals surface area contributed by atoms with Crippen molar-refractivity contribution in [2.45, 2.75) is 4.21 Å². The Morgan fingerprint density at radius 2 is 1.57 bits per heavy atom. The highest BCUT2D eigenvalue weighted by molar-refractivity contribution is 7.94. The predicted octanol–water partition coefficient (Wildman–Crippen LogP) is 4.24. The number of methoxy groups -OCH3 is 1. The average Bonchev–Trinajstić information content (AvgIpc) is 3.24. The molecule has 4 aromatic rings. The minimum absolute atomic E-state index is 0.109. The Bertz CT molecular complexity index is 1230. The van der Waals surface area contributed by atoms with E-state index >= 15 is 0 Å². The van der Waals surface area contributed by atoms with E-state index in [4.69, 9.17) is 4.74 Å². The zero-order valence-corrected chi connectivity index (χ0v) is 16.4. The van der Waals surface area contributed by atoms with Crippen molar-refractivity contribution in [1.82, 2.24) is 9.97 Å². The van der Waals surface area contributed by atoms with Gasteiger partial charge in [-0.05, 0) is 35.7 Å². The largest absolute Gasteiger partial charge is 0.495 e. The summed E-state index contributed by atoms with van der Waals surface area (Å²) in [4.78, 5) is 9.03. The number of nitrogens with zero attached hydrogens (tertiary/aromatic N) is 2. The van der Waals surface area contributed by atoms with Crippen molar-refractivity contribution in [3.05, 3.63) is 66.0 Å². The number of hydrogen-bond donors (Lipinski definition) is 2. The normalized spacial score (nSPS) is 11.3. The highest BCUT2D eigenvalue weighted by atomic mass is 32.2. The second kappa shape index (κ2) is 7.45. The maximum absolute atomic E-state index is 12.7. The van der Waals surface area contributed by atoms with E-state index in [0.29, 0.717) is 22.5 Å². The number of sulfonamides is 1. The topological polar surface area (TPSA) is 93.2 Å². The van der Waals surface area contributed by atoms with E-state index in [1.165, 1.54) is 6.07 Å². The molecular weight excluding hydrogens is 396 g/mol. The molecule has 2 heterocycles. The lowest BCUT2D eigenvalue weighted by molar-refractivity contribution is 0.417. The molecule has 0 aliphatic rings. The van der Waals surface area contributed by atoms with E-state index in [1.54, 1.807) is 30.7 Å². The molecule has 0 saturated heterocycles. The number of anilines is 3. The van der Waals surface area contributed by atoms with Crippen LogP contribution in [0, 0.1) is 0 Å². The molecule has 0 spiro atoms. The van der Waals surface area contributed by atoms with Crippen LogP contribution in [-0.2, 0) is 10.0 Å². The second-order valence-electron chi connectivity index (χ2n) is 5.77. The Balaban J connectivity index is 1.81. The third-order valence-electron chi connectivity index (χ3n) is 3.92. The van der Waals surface area contributed by atoms with Crippen LogP contribution in [0.25, 0.3) is 11.0 Å². The first-order valence-electron chi connectivity index (χ1n) is 8.30. The first-order chi connectivity index (χ1) is 13.6. The number of rotatable bonds is 6. The van der Waals surface area contributed by atoms with E-state index in [0.717, 1.165) is 11.3 Å². The van der Waals surface area contributed by atoms with E-state index < -0.39 is 10.0 Å². The summed E-state index contributed by atoms with van der Waals surface area (Å²) in [6, 6.07) is 17.8. The number of para-hydroxylation sites is 4. The van der Waals surface area contributed by atoms with E-state index in [1.807, 2.05) is 36.4 Å². The highest BCUT2D eigenvalue weighted by Crippen LogP contribution is 2.31. The van der Waals surface area contributed by atoms with Crippen molar-refractivity contribution in [2.75, 3.05) is 17.1 Å². The van der Waals surface area contributed by atoms with Crippen LogP contribution < -0.4 is 14.8 Å². The van der Waals surface area contributed by atoms with Gasteiger partial charge in [0, 0.05) is 0 Å². The number of fused-ring (bicyclic) bond motifs is 1. The number of aromatic nitrogens is 2. The molecule has 0 bridgehead atoms. The first kappa shape index (κ1) is 18.2. The molecule has 142 valence electrons. The maximum atomic E-state index is 12.7. The smallest absolute Gasteiger partial charge is 0.272 e. The fourth-order valence-electron chi connectivity index (χ4n) is 2.63. The molecule has 0 fully saturated rings. The molecule has 0 amide bonds. The molecule has 0 saturated carbocycles. The fourth-order valence-corrected chi connectivity index (χ4v) is 4.63. The molecule has 2 N–H and O–H groups in total. The molecule has 0 atom stereocenters. The Morgan fingerprint density at radius 1 is 0.893 bits per heavy atom. The zero-order valence-electron chi connectivity index (χ0n) is 14.8. The molecular formula is C19H16N4O3S2. The summed E-state index contributed by atoms with van der Waals surface area (Å²) in [5, 5.41) is 4.83. The van der Waals surface area contributed by atoms with Gasteiger partial charge in [-0.1, -0.05) is 30.3 Å². The maximum Gasteiger partial charge on any atom is 0.272 e. The van der Waals surface area contributed by atoms with Crippen molar-refractivity contribution in [2.24, 2.45) is 0 Å². The Kier molecular flexibility index (Phi) is 4.84. The van der Waals surface area contributed by atoms with Gasteiger partial charge in [0.1, 0.15) is 9.96 Å². The van der Waals surface area contributed by atoms with Gasteiger partial charge in [-0.25, -0.2) is 18.4 Å². The Labute approximate surface area is 166 Å². The van der Waals surface area contributed by atoms with Gasteiger partial charge in [-0.15, -0.1) is 11.3 Å². The summed E-state index contributed by atoms with van der Waals surface area (Å²) in [6.07, 6.45) is 0. The third kappa shape index (κ3) is 3.62. The van der Waals surface area contributed by atoms with Crippen LogP contribution >= 0.6 is 11.3 Å². The zero-order chi connectivity index (χ0) is 19.6. The van der Waals surface area contributed by atoms with E-state index in [-0.39, 0.29) is 15.8 Å². The average molecular weight is 412 g/mol. The fraction of sp³-hybridized carbons (Fsp3) is 0.0526. The second-order valence-corrected chi connectivity index (χ2v) is 8.63. The number of hydrogen-bond acceptors (Lipinski definition) is 7. The van der Waals surface area contributed by atoms with Crippen molar-refractivity contribution in [3.63, 3.8) is 0 Å². The Morgan fingerprint density at radius 3 is 2.25 bits per heavy atom. The van der Waals surface area contributed by atoms with Crippen LogP contribution in [0.4, 0.5) is 17.3 Å². The molecule has 0 aliphatic carbocycles. The van der Waals surface area contributed by atoms with Gasteiger partial charge in [0.05, 0.1) is 23.8 Å². The Hall–Kier alpha value is -3.17. The summed E-state index contributed by atoms with van der Waals surface area (Å²) < 4.78 is 33.5. The van der Waals surface area contributed by atoms with Gasteiger partial charge < -0.3 is 10.1 Å². The molecule has 4 rings (SSSR count). The van der Waals surface area contributed by atoms with Crippen molar-refractivity contribution < 1.29 is 13.2 Å². The van der Waals surface area contributed by atoms with Crippen molar-refractivity contribution in [1.29, 1.82) is 0 Å². The van der Waals surface area contributed by atoms with Crippen LogP contribution in [0.3, 0.4) is 0 Å². The van der Waals surface area contributed by atoms with Crippen LogP contribution in [0.15, 0.2) is 70.3 Å². The third-order valence-corrected chi connectivity index (χ3v) is 6.66. The molecule has 7 nitrogen and oxygen atoms in total. The number of ether oxygens (including phenoxy) is 1. The first-order valence-corrected chi connectivity index (χ1v) is 10.7. The van der Waals surface area contributed by atoms with Gasteiger partial charge in [0.25, 0.3) is 10.0 Å². The standard InChI is InChI=1S/C19H16N4O3S2/c1-26-16-10-5-4-9-15(16)22-18-19(21-14-8-3-2-7-13(14)20-18)23-28(24,25)17-11-6-12-27-17/h2-12H,1H3,(H,20,22)(H,21,23). The predicted molar refractivity (Wildman–Crippen MR) is 111 cm³/mol. The van der Waals surface area contributed by atoms with Gasteiger partial charge in [0.2, 0.25) is 0 Å². The molecule has 2 aromatic carbocycles. The number of nitrogens with one attached hydrogen (secondary N) is 2. The summed E-state index contributed by atoms with van der Waals surface area (Å²) in [6.45, 7) is 0. The monoisotopic (exact) mass is 412 g/mol. The van der Waals surface area contributed by atoms with Crippen LogP contribution in [0.5, 0.6) is 5.75 Å². The number of benzene rings is 2. The van der Waals surface area contributed by atoms with Crippen molar-refractivity contribution >= 4 is 49.7 Å². The van der Waals surface area contributed by atoms with Gasteiger partial charge >= 0.3 is 0 Å². The summed E-state index contributed by atoms with van der Waals surface area (Å²) in [5.41, 5.74) is 1.86. The van der Waals surface area contributed by atoms with E-state index in [9.17, 15) is 8.42 Å².